The highest BCUT2D eigenvalue weighted by Crippen LogP contribution is 2.22. The lowest BCUT2D eigenvalue weighted by molar-refractivity contribution is 0.279. The minimum atomic E-state index is -0.236. The molecule has 0 aliphatic heterocycles. The van der Waals surface area contributed by atoms with Gasteiger partial charge in [-0.2, -0.15) is 0 Å². The molecule has 0 bridgehead atoms. The molecule has 1 aromatic heterocycles. The summed E-state index contributed by atoms with van der Waals surface area (Å²) in [5.41, 5.74) is 2.11. The van der Waals surface area contributed by atoms with Gasteiger partial charge in [-0.1, -0.05) is 13.8 Å². The molecule has 0 atom stereocenters. The highest BCUT2D eigenvalue weighted by molar-refractivity contribution is 5.61. The number of hydrogen-bond acceptors (Lipinski definition) is 3. The third-order valence-electron chi connectivity index (χ3n) is 3.36. The van der Waals surface area contributed by atoms with E-state index in [9.17, 15) is 9.90 Å². The molecule has 0 unspecified atom stereocenters. The molecule has 0 radical (unpaired) electrons. The Bertz CT molecular complexity index is 657. The standard InChI is InChI=1S/C17H21NO3/c1-12(2)10-18-16(9-6-14(11-19)17(18)20)13-4-7-15(21-3)8-5-13/h4-9,12,19H,10-11H2,1-3H3. The second-order valence-corrected chi connectivity index (χ2v) is 5.44. The fraction of sp³-hybridized carbons (Fsp3) is 0.353. The molecule has 112 valence electrons. The summed E-state index contributed by atoms with van der Waals surface area (Å²) >= 11 is 0. The molecule has 0 fully saturated rings. The van der Waals surface area contributed by atoms with Crippen molar-refractivity contribution in [3.05, 3.63) is 52.3 Å². The molecule has 0 aliphatic rings. The van der Waals surface area contributed by atoms with Crippen molar-refractivity contribution in [1.82, 2.24) is 4.57 Å². The number of pyridine rings is 1. The molecule has 0 saturated carbocycles. The van der Waals surface area contributed by atoms with E-state index in [0.29, 0.717) is 18.0 Å². The quantitative estimate of drug-likeness (QED) is 0.920. The number of benzene rings is 1. The first kappa shape index (κ1) is 15.3. The summed E-state index contributed by atoms with van der Waals surface area (Å²) in [7, 11) is 1.62. The van der Waals surface area contributed by atoms with Crippen LogP contribution in [0.3, 0.4) is 0 Å². The Labute approximate surface area is 124 Å². The maximum absolute atomic E-state index is 12.4. The van der Waals surface area contributed by atoms with Crippen LogP contribution in [-0.2, 0) is 13.2 Å². The molecule has 4 heteroatoms. The predicted octanol–water partition coefficient (Wildman–Crippen LogP) is 2.67. The van der Waals surface area contributed by atoms with E-state index in [0.717, 1.165) is 17.0 Å². The summed E-state index contributed by atoms with van der Waals surface area (Å²) in [5, 5.41) is 9.28. The van der Waals surface area contributed by atoms with Gasteiger partial charge in [-0.25, -0.2) is 0 Å². The zero-order chi connectivity index (χ0) is 15.4. The van der Waals surface area contributed by atoms with Crippen LogP contribution in [0.25, 0.3) is 11.3 Å². The Morgan fingerprint density at radius 3 is 2.33 bits per heavy atom. The van der Waals surface area contributed by atoms with E-state index in [2.05, 4.69) is 13.8 Å². The number of aromatic nitrogens is 1. The number of ether oxygens (including phenoxy) is 1. The molecule has 0 amide bonds. The summed E-state index contributed by atoms with van der Waals surface area (Å²) < 4.78 is 6.89. The Hall–Kier alpha value is -2.07. The van der Waals surface area contributed by atoms with Crippen LogP contribution in [0.4, 0.5) is 0 Å². The first-order valence-electron chi connectivity index (χ1n) is 7.04. The van der Waals surface area contributed by atoms with E-state index in [4.69, 9.17) is 4.74 Å². The molecule has 2 aromatic rings. The van der Waals surface area contributed by atoms with Crippen LogP contribution < -0.4 is 10.3 Å². The first-order chi connectivity index (χ1) is 10.1. The lowest BCUT2D eigenvalue weighted by Crippen LogP contribution is -2.27. The topological polar surface area (TPSA) is 51.5 Å². The van der Waals surface area contributed by atoms with Gasteiger partial charge in [0.25, 0.3) is 5.56 Å². The number of hydrogen-bond donors (Lipinski definition) is 1. The molecule has 1 heterocycles. The normalized spacial score (nSPS) is 10.9. The molecule has 4 nitrogen and oxygen atoms in total. The van der Waals surface area contributed by atoms with E-state index in [1.165, 1.54) is 0 Å². The van der Waals surface area contributed by atoms with Crippen LogP contribution in [0.5, 0.6) is 5.75 Å². The fourth-order valence-corrected chi connectivity index (χ4v) is 2.30. The SMILES string of the molecule is COc1ccc(-c2ccc(CO)c(=O)n2CC(C)C)cc1. The minimum absolute atomic E-state index is 0.125. The Morgan fingerprint density at radius 2 is 1.81 bits per heavy atom. The van der Waals surface area contributed by atoms with Crippen LogP contribution in [-0.4, -0.2) is 16.8 Å². The minimum Gasteiger partial charge on any atom is -0.497 e. The van der Waals surface area contributed by atoms with Crippen LogP contribution in [0.1, 0.15) is 19.4 Å². The first-order valence-corrected chi connectivity index (χ1v) is 7.04. The molecule has 2 rings (SSSR count). The maximum Gasteiger partial charge on any atom is 0.256 e. The highest BCUT2D eigenvalue weighted by atomic mass is 16.5. The largest absolute Gasteiger partial charge is 0.497 e. The number of aliphatic hydroxyl groups excluding tert-OH is 1. The highest BCUT2D eigenvalue weighted by Gasteiger charge is 2.11. The second-order valence-electron chi connectivity index (χ2n) is 5.44. The molecule has 0 spiro atoms. The van der Waals surface area contributed by atoms with Crippen LogP contribution in [0.2, 0.25) is 0 Å². The average Bonchev–Trinajstić information content (AvgIpc) is 2.49. The van der Waals surface area contributed by atoms with Crippen molar-refractivity contribution in [1.29, 1.82) is 0 Å². The van der Waals surface area contributed by atoms with Crippen molar-refractivity contribution in [2.75, 3.05) is 7.11 Å². The number of nitrogens with zero attached hydrogens (tertiary/aromatic N) is 1. The lowest BCUT2D eigenvalue weighted by atomic mass is 10.1. The van der Waals surface area contributed by atoms with Gasteiger partial charge in [0.15, 0.2) is 0 Å². The average molecular weight is 287 g/mol. The number of methoxy groups -OCH3 is 1. The fourth-order valence-electron chi connectivity index (χ4n) is 2.30. The summed E-state index contributed by atoms with van der Waals surface area (Å²) in [6.45, 7) is 4.51. The Kier molecular flexibility index (Phi) is 4.81. The monoisotopic (exact) mass is 287 g/mol. The molecule has 1 aromatic carbocycles. The van der Waals surface area contributed by atoms with Gasteiger partial charge in [-0.3, -0.25) is 4.79 Å². The van der Waals surface area contributed by atoms with Crippen molar-refractivity contribution < 1.29 is 9.84 Å². The molecular formula is C17H21NO3. The number of rotatable bonds is 5. The molecule has 0 saturated heterocycles. The van der Waals surface area contributed by atoms with Crippen molar-refractivity contribution in [3.63, 3.8) is 0 Å². The van der Waals surface area contributed by atoms with Crippen molar-refractivity contribution in [3.8, 4) is 17.0 Å². The van der Waals surface area contributed by atoms with Crippen molar-refractivity contribution in [2.24, 2.45) is 5.92 Å². The summed E-state index contributed by atoms with van der Waals surface area (Å²) in [5.74, 6) is 1.12. The molecule has 0 aliphatic carbocycles. The zero-order valence-electron chi connectivity index (χ0n) is 12.7. The summed E-state index contributed by atoms with van der Waals surface area (Å²) in [6.07, 6.45) is 0. The second kappa shape index (κ2) is 6.59. The van der Waals surface area contributed by atoms with Crippen LogP contribution in [0, 0.1) is 5.92 Å². The van der Waals surface area contributed by atoms with Crippen LogP contribution in [0.15, 0.2) is 41.2 Å². The molecule has 21 heavy (non-hydrogen) atoms. The Balaban J connectivity index is 2.55. The Morgan fingerprint density at radius 1 is 1.14 bits per heavy atom. The number of aliphatic hydroxyl groups is 1. The molecule has 1 N–H and O–H groups in total. The van der Waals surface area contributed by atoms with E-state index in [1.807, 2.05) is 30.3 Å². The van der Waals surface area contributed by atoms with Gasteiger partial charge < -0.3 is 14.4 Å². The van der Waals surface area contributed by atoms with Gasteiger partial charge in [0.1, 0.15) is 5.75 Å². The van der Waals surface area contributed by atoms with Gasteiger partial charge in [0.05, 0.1) is 19.4 Å². The summed E-state index contributed by atoms with van der Waals surface area (Å²) in [4.78, 5) is 12.4. The van der Waals surface area contributed by atoms with E-state index in [-0.39, 0.29) is 12.2 Å². The molecular weight excluding hydrogens is 266 g/mol. The van der Waals surface area contributed by atoms with Crippen LogP contribution >= 0.6 is 0 Å². The van der Waals surface area contributed by atoms with E-state index >= 15 is 0 Å². The van der Waals surface area contributed by atoms with Gasteiger partial charge in [0.2, 0.25) is 0 Å². The smallest absolute Gasteiger partial charge is 0.256 e. The van der Waals surface area contributed by atoms with Crippen molar-refractivity contribution >= 4 is 0 Å². The summed E-state index contributed by atoms with van der Waals surface area (Å²) in [6, 6.07) is 11.2. The maximum atomic E-state index is 12.4. The van der Waals surface area contributed by atoms with Gasteiger partial charge >= 0.3 is 0 Å². The van der Waals surface area contributed by atoms with Gasteiger partial charge in [0, 0.05) is 12.1 Å². The lowest BCUT2D eigenvalue weighted by Gasteiger charge is -2.16. The van der Waals surface area contributed by atoms with E-state index in [1.54, 1.807) is 17.7 Å². The predicted molar refractivity (Wildman–Crippen MR) is 83.5 cm³/mol. The van der Waals surface area contributed by atoms with Gasteiger partial charge in [-0.15, -0.1) is 0 Å². The van der Waals surface area contributed by atoms with Gasteiger partial charge in [-0.05, 0) is 47.9 Å². The van der Waals surface area contributed by atoms with E-state index < -0.39 is 0 Å². The zero-order valence-corrected chi connectivity index (χ0v) is 12.7. The third kappa shape index (κ3) is 3.34. The third-order valence-corrected chi connectivity index (χ3v) is 3.36. The van der Waals surface area contributed by atoms with Crippen molar-refractivity contribution in [2.45, 2.75) is 27.0 Å².